The summed E-state index contributed by atoms with van der Waals surface area (Å²) in [7, 11) is -1.06. The van der Waals surface area contributed by atoms with Crippen LogP contribution in [-0.4, -0.2) is 8.07 Å². The Bertz CT molecular complexity index is 120. The van der Waals surface area contributed by atoms with Crippen LogP contribution >= 0.6 is 0 Å². The van der Waals surface area contributed by atoms with Gasteiger partial charge in [0.25, 0.3) is 0 Å². The lowest BCUT2D eigenvalue weighted by atomic mass is 10.4. The Morgan fingerprint density at radius 2 is 1.78 bits per heavy atom. The van der Waals surface area contributed by atoms with Gasteiger partial charge in [-0.2, -0.15) is 0 Å². The predicted molar refractivity (Wildman–Crippen MR) is 46.0 cm³/mol. The van der Waals surface area contributed by atoms with E-state index in [9.17, 15) is 0 Å². The van der Waals surface area contributed by atoms with Gasteiger partial charge in [0.05, 0.1) is 0 Å². The van der Waals surface area contributed by atoms with E-state index in [1.807, 2.05) is 0 Å². The van der Waals surface area contributed by atoms with E-state index in [2.05, 4.69) is 38.0 Å². The van der Waals surface area contributed by atoms with Gasteiger partial charge in [-0.15, -0.1) is 11.5 Å². The van der Waals surface area contributed by atoms with E-state index < -0.39 is 8.07 Å². The zero-order chi connectivity index (χ0) is 7.33. The highest BCUT2D eigenvalue weighted by atomic mass is 28.3. The van der Waals surface area contributed by atoms with Crippen molar-refractivity contribution in [1.29, 1.82) is 0 Å². The summed E-state index contributed by atoms with van der Waals surface area (Å²) in [6.07, 6.45) is 2.27. The summed E-state index contributed by atoms with van der Waals surface area (Å²) >= 11 is 0. The zero-order valence-electron chi connectivity index (χ0n) is 6.91. The third-order valence-electron chi connectivity index (χ3n) is 0.838. The molecular formula is C8H16Si. The Hall–Kier alpha value is -0.223. The highest BCUT2D eigenvalue weighted by molar-refractivity contribution is 6.83. The molecule has 0 aliphatic carbocycles. The van der Waals surface area contributed by atoms with Gasteiger partial charge in [0.1, 0.15) is 8.07 Å². The molecule has 52 valence electrons. The van der Waals surface area contributed by atoms with Crippen LogP contribution in [0, 0.1) is 11.5 Å². The first-order valence-corrected chi connectivity index (χ1v) is 7.06. The van der Waals surface area contributed by atoms with E-state index in [4.69, 9.17) is 0 Å². The van der Waals surface area contributed by atoms with Gasteiger partial charge in [-0.25, -0.2) is 0 Å². The Morgan fingerprint density at radius 1 is 1.22 bits per heavy atom. The largest absolute Gasteiger partial charge is 0.132 e. The first-order valence-electron chi connectivity index (χ1n) is 3.56. The molecule has 0 amide bonds. The molecule has 1 heteroatoms. The van der Waals surface area contributed by atoms with E-state index in [0.717, 1.165) is 6.42 Å². The number of rotatable bonds is 1. The number of hydrogen-bond donors (Lipinski definition) is 0. The van der Waals surface area contributed by atoms with Crippen LogP contribution in [0.4, 0.5) is 0 Å². The average Bonchev–Trinajstić information content (AvgIpc) is 1.63. The lowest BCUT2D eigenvalue weighted by molar-refractivity contribution is 0.984. The SMILES string of the molecule is CCCC#C[Si](C)(C)C. The van der Waals surface area contributed by atoms with Crippen LogP contribution in [0.15, 0.2) is 0 Å². The molecule has 0 aliphatic rings. The first kappa shape index (κ1) is 8.78. The minimum Gasteiger partial charge on any atom is -0.132 e. The molecule has 9 heavy (non-hydrogen) atoms. The molecule has 0 fully saturated rings. The molecule has 0 unspecified atom stereocenters. The van der Waals surface area contributed by atoms with Crippen molar-refractivity contribution in [2.45, 2.75) is 39.4 Å². The molecule has 0 nitrogen and oxygen atoms in total. The molecule has 0 saturated heterocycles. The van der Waals surface area contributed by atoms with E-state index >= 15 is 0 Å². The first-order chi connectivity index (χ1) is 4.06. The lowest BCUT2D eigenvalue weighted by Crippen LogP contribution is -2.16. The Kier molecular flexibility index (Phi) is 3.64. The Labute approximate surface area is 59.7 Å². The molecule has 0 aliphatic heterocycles. The fraction of sp³-hybridized carbons (Fsp3) is 0.750. The Morgan fingerprint density at radius 3 is 2.11 bits per heavy atom. The summed E-state index contributed by atoms with van der Waals surface area (Å²) < 4.78 is 0. The lowest BCUT2D eigenvalue weighted by Gasteiger charge is -2.02. The van der Waals surface area contributed by atoms with Crippen molar-refractivity contribution in [2.24, 2.45) is 0 Å². The molecule has 0 aromatic carbocycles. The van der Waals surface area contributed by atoms with Gasteiger partial charge in [-0.3, -0.25) is 0 Å². The van der Waals surface area contributed by atoms with Crippen molar-refractivity contribution in [3.05, 3.63) is 0 Å². The van der Waals surface area contributed by atoms with E-state index in [1.165, 1.54) is 6.42 Å². The van der Waals surface area contributed by atoms with Gasteiger partial charge >= 0.3 is 0 Å². The highest BCUT2D eigenvalue weighted by Crippen LogP contribution is 1.96. The summed E-state index contributed by atoms with van der Waals surface area (Å²) in [4.78, 5) is 0. The summed E-state index contributed by atoms with van der Waals surface area (Å²) in [5, 5.41) is 0. The van der Waals surface area contributed by atoms with Crippen LogP contribution in [0.25, 0.3) is 0 Å². The standard InChI is InChI=1S/C8H16Si/c1-5-6-7-8-9(2,3)4/h5-6H2,1-4H3. The molecule has 0 spiro atoms. The number of hydrogen-bond acceptors (Lipinski definition) is 0. The summed E-state index contributed by atoms with van der Waals surface area (Å²) in [5.74, 6) is 3.19. The maximum absolute atomic E-state index is 3.31. The molecule has 0 rings (SSSR count). The number of unbranched alkanes of at least 4 members (excludes halogenated alkanes) is 1. The molecule has 0 bridgehead atoms. The molecule has 0 radical (unpaired) electrons. The minimum atomic E-state index is -1.06. The third kappa shape index (κ3) is 7.78. The molecule has 0 heterocycles. The molecule has 0 atom stereocenters. The second-order valence-electron chi connectivity index (χ2n) is 3.30. The third-order valence-corrected chi connectivity index (χ3v) is 1.77. The van der Waals surface area contributed by atoms with Gasteiger partial charge in [0, 0.05) is 6.42 Å². The van der Waals surface area contributed by atoms with Crippen molar-refractivity contribution in [2.75, 3.05) is 0 Å². The van der Waals surface area contributed by atoms with Gasteiger partial charge in [-0.1, -0.05) is 26.6 Å². The van der Waals surface area contributed by atoms with Crippen molar-refractivity contribution < 1.29 is 0 Å². The molecule has 0 aromatic rings. The topological polar surface area (TPSA) is 0 Å². The monoisotopic (exact) mass is 140 g/mol. The molecule has 0 N–H and O–H groups in total. The van der Waals surface area contributed by atoms with E-state index in [-0.39, 0.29) is 0 Å². The summed E-state index contributed by atoms with van der Waals surface area (Å²) in [6.45, 7) is 8.99. The van der Waals surface area contributed by atoms with Gasteiger partial charge in [0.15, 0.2) is 0 Å². The average molecular weight is 140 g/mol. The fourth-order valence-electron chi connectivity index (χ4n) is 0.453. The van der Waals surface area contributed by atoms with Crippen LogP contribution < -0.4 is 0 Å². The Balaban J connectivity index is 3.59. The van der Waals surface area contributed by atoms with Crippen LogP contribution in [0.3, 0.4) is 0 Å². The van der Waals surface area contributed by atoms with Gasteiger partial charge in [-0.05, 0) is 6.42 Å². The quantitative estimate of drug-likeness (QED) is 0.388. The molecular weight excluding hydrogens is 124 g/mol. The van der Waals surface area contributed by atoms with Crippen LogP contribution in [-0.2, 0) is 0 Å². The normalized spacial score (nSPS) is 10.2. The fourth-order valence-corrected chi connectivity index (χ4v) is 1.11. The summed E-state index contributed by atoms with van der Waals surface area (Å²) in [5.41, 5.74) is 3.31. The maximum atomic E-state index is 3.31. The predicted octanol–water partition coefficient (Wildman–Crippen LogP) is 2.67. The second-order valence-corrected chi connectivity index (χ2v) is 8.05. The maximum Gasteiger partial charge on any atom is 0.129 e. The summed E-state index contributed by atoms with van der Waals surface area (Å²) in [6, 6.07) is 0. The van der Waals surface area contributed by atoms with Crippen LogP contribution in [0.1, 0.15) is 19.8 Å². The molecule has 0 aromatic heterocycles. The van der Waals surface area contributed by atoms with Crippen molar-refractivity contribution in [1.82, 2.24) is 0 Å². The highest BCUT2D eigenvalue weighted by Gasteiger charge is 2.06. The van der Waals surface area contributed by atoms with E-state index in [1.54, 1.807) is 0 Å². The van der Waals surface area contributed by atoms with E-state index in [0.29, 0.717) is 0 Å². The van der Waals surface area contributed by atoms with Gasteiger partial charge in [0.2, 0.25) is 0 Å². The van der Waals surface area contributed by atoms with Crippen molar-refractivity contribution >= 4 is 8.07 Å². The smallest absolute Gasteiger partial charge is 0.129 e. The van der Waals surface area contributed by atoms with Crippen LogP contribution in [0.5, 0.6) is 0 Å². The minimum absolute atomic E-state index is 1.06. The van der Waals surface area contributed by atoms with Crippen LogP contribution in [0.2, 0.25) is 19.6 Å². The van der Waals surface area contributed by atoms with Gasteiger partial charge < -0.3 is 0 Å². The van der Waals surface area contributed by atoms with Crippen molar-refractivity contribution in [3.63, 3.8) is 0 Å². The zero-order valence-corrected chi connectivity index (χ0v) is 7.91. The second kappa shape index (κ2) is 3.74. The molecule has 0 saturated carbocycles. The van der Waals surface area contributed by atoms with Crippen molar-refractivity contribution in [3.8, 4) is 11.5 Å².